The van der Waals surface area contributed by atoms with Gasteiger partial charge in [-0.3, -0.25) is 14.9 Å². The van der Waals surface area contributed by atoms with Gasteiger partial charge in [-0.25, -0.2) is 0 Å². The Morgan fingerprint density at radius 1 is 1.40 bits per heavy atom. The lowest BCUT2D eigenvalue weighted by molar-refractivity contribution is -0.383. The molecule has 0 aliphatic carbocycles. The van der Waals surface area contributed by atoms with Crippen molar-refractivity contribution in [2.75, 3.05) is 0 Å². The molecule has 0 saturated carbocycles. The topological polar surface area (TPSA) is 85.2 Å². The first-order valence-electron chi connectivity index (χ1n) is 6.23. The molecule has 0 atom stereocenters. The zero-order valence-corrected chi connectivity index (χ0v) is 11.6. The smallest absolute Gasteiger partial charge is 0.311 e. The van der Waals surface area contributed by atoms with Crippen molar-refractivity contribution in [3.8, 4) is 5.75 Å². The molecule has 0 spiro atoms. The van der Waals surface area contributed by atoms with Crippen LogP contribution < -0.4 is 4.74 Å². The highest BCUT2D eigenvalue weighted by Crippen LogP contribution is 2.34. The molecule has 1 aromatic carbocycles. The summed E-state index contributed by atoms with van der Waals surface area (Å²) in [7, 11) is 0. The molecule has 0 aliphatic rings. The van der Waals surface area contributed by atoms with E-state index in [0.717, 1.165) is 0 Å². The van der Waals surface area contributed by atoms with Crippen LogP contribution in [0.3, 0.4) is 0 Å². The fourth-order valence-electron chi connectivity index (χ4n) is 1.95. The molecule has 2 rings (SSSR count). The zero-order valence-electron chi connectivity index (χ0n) is 11.6. The second-order valence-electron chi connectivity index (χ2n) is 5.82. The van der Waals surface area contributed by atoms with Crippen molar-refractivity contribution in [2.24, 2.45) is 5.41 Å². The normalized spacial score (nSPS) is 11.6. The number of aromatic nitrogens is 1. The van der Waals surface area contributed by atoms with Crippen LogP contribution >= 0.6 is 0 Å². The maximum Gasteiger partial charge on any atom is 0.311 e. The maximum atomic E-state index is 11.9. The van der Waals surface area contributed by atoms with Crippen LogP contribution in [-0.2, 0) is 4.79 Å². The van der Waals surface area contributed by atoms with Crippen molar-refractivity contribution < 1.29 is 14.5 Å². The van der Waals surface area contributed by atoms with E-state index in [4.69, 9.17) is 4.74 Å². The zero-order chi connectivity index (χ0) is 14.9. The van der Waals surface area contributed by atoms with E-state index in [1.54, 1.807) is 18.2 Å². The first kappa shape index (κ1) is 14.0. The van der Waals surface area contributed by atoms with Crippen LogP contribution in [-0.4, -0.2) is 15.9 Å². The Hall–Kier alpha value is -2.37. The lowest BCUT2D eigenvalue weighted by Gasteiger charge is -2.16. The standard InChI is InChI=1S/C14H16N2O4/c1-14(2,3)7-12(17)20-11-6-4-5-9-13(11)10(8-15-9)16(18)19/h4-6,8,15H,7H2,1-3H3. The molecule has 2 aromatic rings. The first-order chi connectivity index (χ1) is 9.28. The highest BCUT2D eigenvalue weighted by molar-refractivity contribution is 5.96. The number of hydrogen-bond donors (Lipinski definition) is 1. The van der Waals surface area contributed by atoms with Crippen molar-refractivity contribution in [1.82, 2.24) is 4.98 Å². The molecule has 20 heavy (non-hydrogen) atoms. The Bertz CT molecular complexity index is 667. The predicted octanol–water partition coefficient (Wildman–Crippen LogP) is 3.42. The highest BCUT2D eigenvalue weighted by atomic mass is 16.6. The third-order valence-corrected chi connectivity index (χ3v) is 2.74. The van der Waals surface area contributed by atoms with Gasteiger partial charge in [0.25, 0.3) is 5.69 Å². The van der Waals surface area contributed by atoms with Gasteiger partial charge in [0, 0.05) is 0 Å². The molecule has 0 radical (unpaired) electrons. The molecule has 0 amide bonds. The molecule has 0 saturated heterocycles. The number of nitrogens with one attached hydrogen (secondary N) is 1. The van der Waals surface area contributed by atoms with Gasteiger partial charge >= 0.3 is 5.97 Å². The number of benzene rings is 1. The van der Waals surface area contributed by atoms with E-state index in [2.05, 4.69) is 4.98 Å². The minimum atomic E-state index is -0.500. The monoisotopic (exact) mass is 276 g/mol. The number of fused-ring (bicyclic) bond motifs is 1. The third kappa shape index (κ3) is 2.96. The summed E-state index contributed by atoms with van der Waals surface area (Å²) < 4.78 is 5.29. The van der Waals surface area contributed by atoms with E-state index in [1.165, 1.54) is 6.20 Å². The van der Waals surface area contributed by atoms with E-state index in [-0.39, 0.29) is 23.3 Å². The van der Waals surface area contributed by atoms with Gasteiger partial charge in [0.15, 0.2) is 0 Å². The SMILES string of the molecule is CC(C)(C)CC(=O)Oc1cccc2[nH]cc([N+](=O)[O-])c12. The number of carbonyl (C=O) groups excluding carboxylic acids is 1. The summed E-state index contributed by atoms with van der Waals surface area (Å²) in [5.74, 6) is -0.190. The number of hydrogen-bond acceptors (Lipinski definition) is 4. The average Bonchev–Trinajstić information content (AvgIpc) is 2.71. The van der Waals surface area contributed by atoms with E-state index >= 15 is 0 Å². The van der Waals surface area contributed by atoms with Crippen LogP contribution in [0.15, 0.2) is 24.4 Å². The number of ether oxygens (including phenoxy) is 1. The second-order valence-corrected chi connectivity index (χ2v) is 5.82. The van der Waals surface area contributed by atoms with Crippen molar-refractivity contribution in [3.63, 3.8) is 0 Å². The molecule has 0 unspecified atom stereocenters. The summed E-state index contributed by atoms with van der Waals surface area (Å²) in [6.07, 6.45) is 1.54. The number of nitrogens with zero attached hydrogens (tertiary/aromatic N) is 1. The fraction of sp³-hybridized carbons (Fsp3) is 0.357. The van der Waals surface area contributed by atoms with Gasteiger partial charge in [-0.05, 0) is 17.5 Å². The van der Waals surface area contributed by atoms with Crippen molar-refractivity contribution in [2.45, 2.75) is 27.2 Å². The van der Waals surface area contributed by atoms with E-state index < -0.39 is 10.9 Å². The molecule has 0 fully saturated rings. The Balaban J connectivity index is 2.37. The number of esters is 1. The van der Waals surface area contributed by atoms with Crippen LogP contribution in [0.1, 0.15) is 27.2 Å². The Morgan fingerprint density at radius 3 is 2.70 bits per heavy atom. The molecular weight excluding hydrogens is 260 g/mol. The van der Waals surface area contributed by atoms with Gasteiger partial charge in [-0.15, -0.1) is 0 Å². The van der Waals surface area contributed by atoms with Gasteiger partial charge in [-0.2, -0.15) is 0 Å². The maximum absolute atomic E-state index is 11.9. The predicted molar refractivity (Wildman–Crippen MR) is 74.7 cm³/mol. The molecule has 0 bridgehead atoms. The van der Waals surface area contributed by atoms with Crippen LogP contribution in [0.5, 0.6) is 5.75 Å². The summed E-state index contributed by atoms with van der Waals surface area (Å²) in [6, 6.07) is 4.94. The number of aromatic amines is 1. The molecule has 6 heteroatoms. The minimum Gasteiger partial charge on any atom is -0.426 e. The summed E-state index contributed by atoms with van der Waals surface area (Å²) in [5.41, 5.74) is 0.270. The van der Waals surface area contributed by atoms with Gasteiger partial charge in [0.05, 0.1) is 23.1 Å². The van der Waals surface area contributed by atoms with Crippen molar-refractivity contribution in [3.05, 3.63) is 34.5 Å². The molecule has 1 aromatic heterocycles. The van der Waals surface area contributed by atoms with Crippen molar-refractivity contribution in [1.29, 1.82) is 0 Å². The molecule has 106 valence electrons. The largest absolute Gasteiger partial charge is 0.426 e. The van der Waals surface area contributed by atoms with Crippen LogP contribution in [0, 0.1) is 15.5 Å². The number of rotatable bonds is 3. The van der Waals surface area contributed by atoms with Gasteiger partial charge in [0.1, 0.15) is 11.1 Å². The number of carbonyl (C=O) groups is 1. The second kappa shape index (κ2) is 4.96. The fourth-order valence-corrected chi connectivity index (χ4v) is 1.95. The quantitative estimate of drug-likeness (QED) is 0.403. The van der Waals surface area contributed by atoms with Gasteiger partial charge < -0.3 is 9.72 Å². The minimum absolute atomic E-state index is 0.0980. The molecule has 1 heterocycles. The van der Waals surface area contributed by atoms with Crippen LogP contribution in [0.4, 0.5) is 5.69 Å². The Kier molecular flexibility index (Phi) is 3.48. The first-order valence-corrected chi connectivity index (χ1v) is 6.23. The van der Waals surface area contributed by atoms with E-state index in [9.17, 15) is 14.9 Å². The van der Waals surface area contributed by atoms with Crippen molar-refractivity contribution >= 4 is 22.6 Å². The van der Waals surface area contributed by atoms with E-state index in [0.29, 0.717) is 10.9 Å². The Labute approximate surface area is 115 Å². The summed E-state index contributed by atoms with van der Waals surface area (Å²) in [4.78, 5) is 25.2. The molecule has 1 N–H and O–H groups in total. The highest BCUT2D eigenvalue weighted by Gasteiger charge is 2.22. The molecular formula is C14H16N2O4. The summed E-state index contributed by atoms with van der Waals surface area (Å²) >= 11 is 0. The van der Waals surface area contributed by atoms with E-state index in [1.807, 2.05) is 20.8 Å². The average molecular weight is 276 g/mol. The van der Waals surface area contributed by atoms with Gasteiger partial charge in [0.2, 0.25) is 0 Å². The number of H-pyrrole nitrogens is 1. The third-order valence-electron chi connectivity index (χ3n) is 2.74. The van der Waals surface area contributed by atoms with Gasteiger partial charge in [-0.1, -0.05) is 26.8 Å². The molecule has 0 aliphatic heterocycles. The lowest BCUT2D eigenvalue weighted by atomic mass is 9.92. The van der Waals surface area contributed by atoms with Crippen LogP contribution in [0.25, 0.3) is 10.9 Å². The summed E-state index contributed by atoms with van der Waals surface area (Å²) in [5, 5.41) is 11.3. The van der Waals surface area contributed by atoms with Crippen LogP contribution in [0.2, 0.25) is 0 Å². The summed E-state index contributed by atoms with van der Waals surface area (Å²) in [6.45, 7) is 5.77. The Morgan fingerprint density at radius 2 is 2.10 bits per heavy atom. The lowest BCUT2D eigenvalue weighted by Crippen LogP contribution is -2.17. The number of nitro groups is 1. The molecule has 6 nitrogen and oxygen atoms in total.